The highest BCUT2D eigenvalue weighted by Crippen LogP contribution is 2.15. The van der Waals surface area contributed by atoms with E-state index >= 15 is 0 Å². The highest BCUT2D eigenvalue weighted by molar-refractivity contribution is 7.99. The van der Waals surface area contributed by atoms with Crippen molar-refractivity contribution in [3.63, 3.8) is 0 Å². The van der Waals surface area contributed by atoms with Gasteiger partial charge in [-0.25, -0.2) is 10.1 Å². The van der Waals surface area contributed by atoms with Crippen LogP contribution in [0, 0.1) is 6.92 Å². The van der Waals surface area contributed by atoms with E-state index in [-0.39, 0.29) is 30.1 Å². The number of nitrogens with two attached hydrogens (primary N) is 1. The first-order chi connectivity index (χ1) is 11.0. The second kappa shape index (κ2) is 9.46. The molecule has 2 aromatic heterocycles. The number of hydrogen-bond acceptors (Lipinski definition) is 7. The van der Waals surface area contributed by atoms with Crippen LogP contribution in [0.25, 0.3) is 0 Å². The average molecular weight is 341 g/mol. The number of imidazole rings is 1. The molecule has 126 valence electrons. The molecule has 1 atom stereocenters. The van der Waals surface area contributed by atoms with E-state index < -0.39 is 0 Å². The highest BCUT2D eigenvalue weighted by Gasteiger charge is 2.16. The summed E-state index contributed by atoms with van der Waals surface area (Å²) in [5.41, 5.74) is 6.38. The lowest BCUT2D eigenvalue weighted by Crippen LogP contribution is -2.30. The number of hydrogen-bond donors (Lipinski definition) is 5. The number of nitrogens with one attached hydrogen (secondary N) is 3. The van der Waals surface area contributed by atoms with Crippen molar-refractivity contribution in [1.82, 2.24) is 30.5 Å². The fourth-order valence-corrected chi connectivity index (χ4v) is 2.28. The van der Waals surface area contributed by atoms with Crippen LogP contribution in [0.3, 0.4) is 0 Å². The zero-order valence-corrected chi connectivity index (χ0v) is 13.6. The number of amides is 1. The Bertz CT molecular complexity index is 628. The first-order valence-corrected chi connectivity index (χ1v) is 7.68. The summed E-state index contributed by atoms with van der Waals surface area (Å²) in [6.07, 6.45) is 2.51. The Morgan fingerprint density at radius 1 is 1.61 bits per heavy atom. The summed E-state index contributed by atoms with van der Waals surface area (Å²) in [5, 5.41) is 16.6. The lowest BCUT2D eigenvalue weighted by molar-refractivity contribution is -0.123. The topological polar surface area (TPSA) is 163 Å². The van der Waals surface area contributed by atoms with E-state index in [0.29, 0.717) is 5.16 Å². The van der Waals surface area contributed by atoms with Crippen LogP contribution in [0.1, 0.15) is 30.9 Å². The first kappa shape index (κ1) is 18.5. The van der Waals surface area contributed by atoms with Crippen LogP contribution in [0.4, 0.5) is 5.95 Å². The Kier molecular flexibility index (Phi) is 7.60. The Morgan fingerprint density at radius 3 is 2.78 bits per heavy atom. The van der Waals surface area contributed by atoms with Crippen molar-refractivity contribution < 1.29 is 14.7 Å². The molecule has 0 fully saturated rings. The average Bonchev–Trinajstić information content (AvgIpc) is 3.12. The molecule has 0 radical (unpaired) electrons. The maximum atomic E-state index is 11.9. The molecule has 0 spiro atoms. The first-order valence-electron chi connectivity index (χ1n) is 6.69. The van der Waals surface area contributed by atoms with Crippen molar-refractivity contribution in [3.8, 4) is 0 Å². The quantitative estimate of drug-likeness (QED) is 0.374. The maximum Gasteiger partial charge on any atom is 0.290 e. The molecular weight excluding hydrogens is 322 g/mol. The Balaban J connectivity index is 0.000000816. The van der Waals surface area contributed by atoms with Gasteiger partial charge in [-0.2, -0.15) is 4.98 Å². The number of nitrogen functional groups attached to an aromatic ring is 1. The molecule has 2 rings (SSSR count). The van der Waals surface area contributed by atoms with Gasteiger partial charge in [0.1, 0.15) is 5.82 Å². The molecule has 0 aliphatic heterocycles. The van der Waals surface area contributed by atoms with Crippen LogP contribution in [0.5, 0.6) is 0 Å². The molecule has 10 nitrogen and oxygen atoms in total. The van der Waals surface area contributed by atoms with Crippen LogP contribution in [-0.2, 0) is 9.59 Å². The van der Waals surface area contributed by atoms with Gasteiger partial charge in [-0.05, 0) is 13.3 Å². The number of carbonyl (C=O) groups excluding carboxylic acids is 1. The molecular formula is C12H19N7O3S. The molecule has 23 heavy (non-hydrogen) atoms. The fourth-order valence-electron chi connectivity index (χ4n) is 1.66. The standard InChI is InChI=1S/C11H17N7OS.CH2O2/c1-3-7(9-13-4-6(2)14-9)15-8(19)5-20-11-16-10(12)17-18-11;2-1-3/h4,7H,3,5H2,1-2H3,(H,13,14)(H,15,19)(H3,12,16,17,18);1H,(H,2,3). The van der Waals surface area contributed by atoms with E-state index in [1.54, 1.807) is 6.20 Å². The zero-order valence-electron chi connectivity index (χ0n) is 12.7. The molecule has 0 bridgehead atoms. The number of carbonyl (C=O) groups is 2. The fraction of sp³-hybridized carbons (Fsp3) is 0.417. The maximum absolute atomic E-state index is 11.9. The lowest BCUT2D eigenvalue weighted by atomic mass is 10.2. The van der Waals surface area contributed by atoms with Crippen molar-refractivity contribution in [2.45, 2.75) is 31.5 Å². The van der Waals surface area contributed by atoms with E-state index in [4.69, 9.17) is 15.6 Å². The smallest absolute Gasteiger partial charge is 0.290 e. The Morgan fingerprint density at radius 2 is 2.30 bits per heavy atom. The predicted octanol–water partition coefficient (Wildman–Crippen LogP) is 0.479. The van der Waals surface area contributed by atoms with Crippen molar-refractivity contribution in [2.24, 2.45) is 0 Å². The number of anilines is 1. The van der Waals surface area contributed by atoms with Crippen LogP contribution in [0.15, 0.2) is 11.4 Å². The van der Waals surface area contributed by atoms with Crippen molar-refractivity contribution in [1.29, 1.82) is 0 Å². The molecule has 0 saturated heterocycles. The summed E-state index contributed by atoms with van der Waals surface area (Å²) < 4.78 is 0. The minimum absolute atomic E-state index is 0.0979. The Hall–Kier alpha value is -2.56. The molecule has 2 heterocycles. The third-order valence-electron chi connectivity index (χ3n) is 2.61. The van der Waals surface area contributed by atoms with Gasteiger partial charge in [-0.15, -0.1) is 5.10 Å². The minimum Gasteiger partial charge on any atom is -0.483 e. The van der Waals surface area contributed by atoms with Gasteiger partial charge in [0.15, 0.2) is 0 Å². The monoisotopic (exact) mass is 341 g/mol. The number of aromatic nitrogens is 5. The number of aromatic amines is 2. The molecule has 2 aromatic rings. The van der Waals surface area contributed by atoms with Gasteiger partial charge in [0, 0.05) is 11.9 Å². The predicted molar refractivity (Wildman–Crippen MR) is 84.7 cm³/mol. The molecule has 0 aliphatic carbocycles. The number of nitrogens with zero attached hydrogens (tertiary/aromatic N) is 3. The summed E-state index contributed by atoms with van der Waals surface area (Å²) in [6, 6.07) is -0.117. The van der Waals surface area contributed by atoms with Crippen molar-refractivity contribution >= 4 is 30.1 Å². The SMILES string of the molecule is CCC(NC(=O)CSc1n[nH]c(N)n1)c1ncc(C)[nH]1.O=CO. The largest absolute Gasteiger partial charge is 0.483 e. The van der Waals surface area contributed by atoms with E-state index in [2.05, 4.69) is 30.5 Å². The highest BCUT2D eigenvalue weighted by atomic mass is 32.2. The molecule has 0 aliphatic rings. The van der Waals surface area contributed by atoms with Crippen molar-refractivity contribution in [3.05, 3.63) is 17.7 Å². The number of thioether (sulfide) groups is 1. The van der Waals surface area contributed by atoms with E-state index in [0.717, 1.165) is 17.9 Å². The van der Waals surface area contributed by atoms with Gasteiger partial charge >= 0.3 is 0 Å². The summed E-state index contributed by atoms with van der Waals surface area (Å²) >= 11 is 1.23. The van der Waals surface area contributed by atoms with Crippen LogP contribution >= 0.6 is 11.8 Å². The zero-order chi connectivity index (χ0) is 17.2. The van der Waals surface area contributed by atoms with Gasteiger partial charge in [-0.1, -0.05) is 18.7 Å². The summed E-state index contributed by atoms with van der Waals surface area (Å²) in [5.74, 6) is 1.14. The number of rotatable bonds is 6. The molecule has 0 aromatic carbocycles. The van der Waals surface area contributed by atoms with E-state index in [9.17, 15) is 4.79 Å². The third kappa shape index (κ3) is 6.38. The lowest BCUT2D eigenvalue weighted by Gasteiger charge is -2.14. The van der Waals surface area contributed by atoms with E-state index in [1.165, 1.54) is 11.8 Å². The van der Waals surface area contributed by atoms with Crippen LogP contribution in [0.2, 0.25) is 0 Å². The summed E-state index contributed by atoms with van der Waals surface area (Å²) in [6.45, 7) is 3.67. The molecule has 11 heteroatoms. The molecule has 1 amide bonds. The number of carboxylic acid groups (broad SMARTS) is 1. The van der Waals surface area contributed by atoms with Crippen LogP contribution < -0.4 is 11.1 Å². The number of aryl methyl sites for hydroxylation is 1. The minimum atomic E-state index is -0.250. The third-order valence-corrected chi connectivity index (χ3v) is 3.46. The van der Waals surface area contributed by atoms with Gasteiger partial charge < -0.3 is 21.1 Å². The molecule has 0 saturated carbocycles. The normalized spacial score (nSPS) is 11.2. The summed E-state index contributed by atoms with van der Waals surface area (Å²) in [4.78, 5) is 31.6. The van der Waals surface area contributed by atoms with Gasteiger partial charge in [-0.3, -0.25) is 9.59 Å². The molecule has 1 unspecified atom stereocenters. The second-order valence-corrected chi connectivity index (χ2v) is 5.32. The van der Waals surface area contributed by atoms with Gasteiger partial charge in [0.05, 0.1) is 11.8 Å². The molecule has 6 N–H and O–H groups in total. The van der Waals surface area contributed by atoms with E-state index in [1.807, 2.05) is 13.8 Å². The van der Waals surface area contributed by atoms with Crippen LogP contribution in [-0.4, -0.2) is 48.4 Å². The van der Waals surface area contributed by atoms with Gasteiger partial charge in [0.25, 0.3) is 6.47 Å². The summed E-state index contributed by atoms with van der Waals surface area (Å²) in [7, 11) is 0. The number of H-pyrrole nitrogens is 2. The Labute approximate surface area is 136 Å². The van der Waals surface area contributed by atoms with Crippen molar-refractivity contribution in [2.75, 3.05) is 11.5 Å². The van der Waals surface area contributed by atoms with Gasteiger partial charge in [0.2, 0.25) is 17.0 Å². The second-order valence-electron chi connectivity index (χ2n) is 4.38.